The predicted molar refractivity (Wildman–Crippen MR) is 106 cm³/mol. The number of carbonyl (C=O) groups is 2. The number of benzene rings is 2. The van der Waals surface area contributed by atoms with Gasteiger partial charge in [0.05, 0.1) is 25.0 Å². The van der Waals surface area contributed by atoms with Crippen LogP contribution in [0.15, 0.2) is 53.6 Å². The topological polar surface area (TPSA) is 86.2 Å². The van der Waals surface area contributed by atoms with Crippen molar-refractivity contribution < 1.29 is 23.8 Å². The van der Waals surface area contributed by atoms with Gasteiger partial charge in [-0.05, 0) is 49.7 Å². The molecule has 0 bridgehead atoms. The fraction of sp³-hybridized carbons (Fsp3) is 0.286. The Morgan fingerprint density at radius 3 is 2.50 bits per heavy atom. The average Bonchev–Trinajstić information content (AvgIpc) is 2.72. The van der Waals surface area contributed by atoms with Crippen LogP contribution in [0.5, 0.6) is 11.5 Å². The number of nitrogens with zero attached hydrogens (tertiary/aromatic N) is 1. The molecule has 0 aliphatic carbocycles. The summed E-state index contributed by atoms with van der Waals surface area (Å²) in [6, 6.07) is 13.8. The summed E-state index contributed by atoms with van der Waals surface area (Å²) >= 11 is 0. The highest BCUT2D eigenvalue weighted by Gasteiger charge is 2.07. The molecule has 0 atom stereocenters. The fourth-order valence-electron chi connectivity index (χ4n) is 2.19. The first-order chi connectivity index (χ1) is 13.6. The first-order valence-corrected chi connectivity index (χ1v) is 9.07. The molecule has 0 saturated carbocycles. The lowest BCUT2D eigenvalue weighted by Crippen LogP contribution is -2.24. The van der Waals surface area contributed by atoms with Gasteiger partial charge in [-0.25, -0.2) is 10.2 Å². The highest BCUT2D eigenvalue weighted by Crippen LogP contribution is 2.15. The summed E-state index contributed by atoms with van der Waals surface area (Å²) in [7, 11) is 0. The van der Waals surface area contributed by atoms with Crippen molar-refractivity contribution in [3.8, 4) is 11.5 Å². The molecule has 28 heavy (non-hydrogen) atoms. The summed E-state index contributed by atoms with van der Waals surface area (Å²) in [6.45, 7) is 4.54. The number of hydrogen-bond acceptors (Lipinski definition) is 6. The number of hydrogen-bond donors (Lipinski definition) is 1. The average molecular weight is 384 g/mol. The Labute approximate surface area is 164 Å². The van der Waals surface area contributed by atoms with E-state index in [1.54, 1.807) is 24.3 Å². The van der Waals surface area contributed by atoms with Crippen LogP contribution in [0.25, 0.3) is 0 Å². The zero-order valence-corrected chi connectivity index (χ0v) is 16.0. The van der Waals surface area contributed by atoms with E-state index in [2.05, 4.69) is 10.5 Å². The number of esters is 1. The molecule has 1 amide bonds. The number of amides is 1. The Morgan fingerprint density at radius 1 is 1.04 bits per heavy atom. The van der Waals surface area contributed by atoms with E-state index in [0.717, 1.165) is 12.0 Å². The second kappa shape index (κ2) is 11.4. The Bertz CT molecular complexity index is 803. The minimum Gasteiger partial charge on any atom is -0.493 e. The van der Waals surface area contributed by atoms with Crippen molar-refractivity contribution in [1.82, 2.24) is 5.43 Å². The molecule has 0 unspecified atom stereocenters. The van der Waals surface area contributed by atoms with Crippen molar-refractivity contribution in [2.45, 2.75) is 20.3 Å². The maximum absolute atomic E-state index is 11.9. The van der Waals surface area contributed by atoms with Crippen molar-refractivity contribution in [3.05, 3.63) is 59.7 Å². The third-order valence-electron chi connectivity index (χ3n) is 3.51. The lowest BCUT2D eigenvalue weighted by atomic mass is 10.2. The Kier molecular flexibility index (Phi) is 8.52. The number of carbonyl (C=O) groups excluding carboxylic acids is 2. The van der Waals surface area contributed by atoms with Crippen molar-refractivity contribution in [2.75, 3.05) is 19.8 Å². The van der Waals surface area contributed by atoms with E-state index in [-0.39, 0.29) is 12.6 Å². The summed E-state index contributed by atoms with van der Waals surface area (Å²) in [5.74, 6) is 0.369. The molecule has 0 aliphatic heterocycles. The van der Waals surface area contributed by atoms with Crippen LogP contribution in [-0.2, 0) is 9.53 Å². The maximum atomic E-state index is 11.9. The molecular weight excluding hydrogens is 360 g/mol. The van der Waals surface area contributed by atoms with Crippen molar-refractivity contribution >= 4 is 18.1 Å². The molecule has 0 aliphatic rings. The smallest absolute Gasteiger partial charge is 0.338 e. The highest BCUT2D eigenvalue weighted by atomic mass is 16.5. The van der Waals surface area contributed by atoms with Crippen LogP contribution in [-0.4, -0.2) is 37.9 Å². The second-order valence-electron chi connectivity index (χ2n) is 5.71. The van der Waals surface area contributed by atoms with Crippen LogP contribution in [0.4, 0.5) is 0 Å². The quantitative estimate of drug-likeness (QED) is 0.386. The van der Waals surface area contributed by atoms with E-state index in [1.165, 1.54) is 6.21 Å². The molecule has 0 radical (unpaired) electrons. The van der Waals surface area contributed by atoms with Crippen LogP contribution in [0.2, 0.25) is 0 Å². The van der Waals surface area contributed by atoms with Gasteiger partial charge >= 0.3 is 5.97 Å². The van der Waals surface area contributed by atoms with Crippen LogP contribution < -0.4 is 14.9 Å². The number of nitrogens with one attached hydrogen (secondary N) is 1. The van der Waals surface area contributed by atoms with E-state index in [4.69, 9.17) is 14.2 Å². The van der Waals surface area contributed by atoms with Gasteiger partial charge in [0.15, 0.2) is 6.61 Å². The minimum atomic E-state index is -0.406. The maximum Gasteiger partial charge on any atom is 0.338 e. The predicted octanol–water partition coefficient (Wildman–Crippen LogP) is 3.18. The van der Waals surface area contributed by atoms with Crippen molar-refractivity contribution in [3.63, 3.8) is 0 Å². The van der Waals surface area contributed by atoms with Gasteiger partial charge in [-0.15, -0.1) is 0 Å². The fourth-order valence-corrected chi connectivity index (χ4v) is 2.19. The number of hydrazone groups is 1. The first-order valence-electron chi connectivity index (χ1n) is 9.07. The van der Waals surface area contributed by atoms with Gasteiger partial charge in [0.1, 0.15) is 11.5 Å². The molecule has 0 aromatic heterocycles. The number of rotatable bonds is 10. The highest BCUT2D eigenvalue weighted by molar-refractivity contribution is 5.89. The Hall–Kier alpha value is -3.35. The number of ether oxygens (including phenoxy) is 3. The monoisotopic (exact) mass is 384 g/mol. The summed E-state index contributed by atoms with van der Waals surface area (Å²) in [4.78, 5) is 23.6. The van der Waals surface area contributed by atoms with E-state index in [0.29, 0.717) is 30.3 Å². The largest absolute Gasteiger partial charge is 0.493 e. The third kappa shape index (κ3) is 6.75. The molecule has 0 heterocycles. The van der Waals surface area contributed by atoms with E-state index in [1.807, 2.05) is 38.1 Å². The van der Waals surface area contributed by atoms with Crippen molar-refractivity contribution in [1.29, 1.82) is 0 Å². The van der Waals surface area contributed by atoms with Crippen molar-refractivity contribution in [2.24, 2.45) is 5.10 Å². The zero-order chi connectivity index (χ0) is 20.2. The van der Waals surface area contributed by atoms with Crippen LogP contribution >= 0.6 is 0 Å². The molecular formula is C21H24N2O5. The normalized spacial score (nSPS) is 10.5. The molecule has 0 saturated heterocycles. The molecule has 0 spiro atoms. The molecule has 2 aromatic carbocycles. The second-order valence-corrected chi connectivity index (χ2v) is 5.71. The van der Waals surface area contributed by atoms with Gasteiger partial charge in [0, 0.05) is 5.56 Å². The Morgan fingerprint density at radius 2 is 1.79 bits per heavy atom. The molecule has 0 fully saturated rings. The van der Waals surface area contributed by atoms with Gasteiger partial charge in [-0.1, -0.05) is 19.1 Å². The van der Waals surface area contributed by atoms with Crippen LogP contribution in [0.3, 0.4) is 0 Å². The zero-order valence-electron chi connectivity index (χ0n) is 16.0. The summed E-state index contributed by atoms with van der Waals surface area (Å²) in [5.41, 5.74) is 3.59. The Balaban J connectivity index is 1.80. The minimum absolute atomic E-state index is 0.204. The van der Waals surface area contributed by atoms with E-state index < -0.39 is 5.91 Å². The molecule has 7 nitrogen and oxygen atoms in total. The van der Waals surface area contributed by atoms with Crippen LogP contribution in [0, 0.1) is 0 Å². The lowest BCUT2D eigenvalue weighted by molar-refractivity contribution is -0.123. The summed E-state index contributed by atoms with van der Waals surface area (Å²) < 4.78 is 15.9. The van der Waals surface area contributed by atoms with Gasteiger partial charge in [0.25, 0.3) is 5.91 Å². The SMILES string of the molecule is CCCOC(=O)c1ccc(OCC(=O)NN=Cc2ccccc2OCC)cc1. The van der Waals surface area contributed by atoms with Gasteiger partial charge in [-0.2, -0.15) is 5.10 Å². The molecule has 7 heteroatoms. The standard InChI is InChI=1S/C21H24N2O5/c1-3-13-27-21(25)16-9-11-18(12-10-16)28-15-20(24)23-22-14-17-7-5-6-8-19(17)26-4-2/h5-12,14H,3-4,13,15H2,1-2H3,(H,23,24). The van der Waals surface area contributed by atoms with E-state index in [9.17, 15) is 9.59 Å². The summed E-state index contributed by atoms with van der Waals surface area (Å²) in [6.07, 6.45) is 2.28. The van der Waals surface area contributed by atoms with E-state index >= 15 is 0 Å². The molecule has 2 aromatic rings. The third-order valence-corrected chi connectivity index (χ3v) is 3.51. The summed E-state index contributed by atoms with van der Waals surface area (Å²) in [5, 5.41) is 3.92. The molecule has 148 valence electrons. The number of para-hydroxylation sites is 1. The molecule has 2 rings (SSSR count). The van der Waals surface area contributed by atoms with Crippen LogP contribution in [0.1, 0.15) is 36.2 Å². The molecule has 1 N–H and O–H groups in total. The lowest BCUT2D eigenvalue weighted by Gasteiger charge is -2.07. The van der Waals surface area contributed by atoms with Gasteiger partial charge in [-0.3, -0.25) is 4.79 Å². The van der Waals surface area contributed by atoms with Gasteiger partial charge < -0.3 is 14.2 Å². The first kappa shape index (κ1) is 21.0. The van der Waals surface area contributed by atoms with Gasteiger partial charge in [0.2, 0.25) is 0 Å².